The Morgan fingerprint density at radius 2 is 1.46 bits per heavy atom. The molecule has 0 bridgehead atoms. The van der Waals surface area contributed by atoms with Gasteiger partial charge in [0.2, 0.25) is 11.9 Å². The smallest absolute Gasteiger partial charge is 0.328 e. The van der Waals surface area contributed by atoms with Crippen LogP contribution in [0.1, 0.15) is 65.2 Å². The SMILES string of the molecule is O=COCc1c(C(c2ccc(CO)c(Oc3nc(NC4CC4)nc(NC4CC4)n3)c2)c2[nH]c3ccccc3c2CC(=O)O)[nH]c2ccccc12. The third-order valence-electron chi connectivity index (χ3n) is 9.13. The van der Waals surface area contributed by atoms with Gasteiger partial charge in [0.1, 0.15) is 12.4 Å². The van der Waals surface area contributed by atoms with E-state index in [2.05, 4.69) is 35.6 Å². The molecule has 6 N–H and O–H groups in total. The zero-order valence-corrected chi connectivity index (χ0v) is 27.0. The number of carboxylic acids is 1. The monoisotopic (exact) mass is 673 g/mol. The molecular weight excluding hydrogens is 638 g/mol. The average molecular weight is 674 g/mol. The van der Waals surface area contributed by atoms with Crippen LogP contribution < -0.4 is 15.4 Å². The molecule has 3 aromatic carbocycles. The van der Waals surface area contributed by atoms with Crippen LogP contribution in [0.3, 0.4) is 0 Å². The first-order chi connectivity index (χ1) is 24.5. The molecular formula is C37H35N7O6. The molecule has 0 radical (unpaired) electrons. The molecule has 2 aliphatic carbocycles. The number of aromatic amines is 2. The summed E-state index contributed by atoms with van der Waals surface area (Å²) in [5.74, 6) is -0.434. The molecule has 2 fully saturated rings. The molecule has 0 amide bonds. The summed E-state index contributed by atoms with van der Waals surface area (Å²) in [7, 11) is 0. The number of H-pyrrole nitrogens is 2. The number of hydrogen-bond donors (Lipinski definition) is 6. The number of aliphatic carboxylic acids is 1. The maximum absolute atomic E-state index is 12.3. The van der Waals surface area contributed by atoms with Crippen LogP contribution in [0, 0.1) is 0 Å². The topological polar surface area (TPSA) is 187 Å². The van der Waals surface area contributed by atoms with Crippen LogP contribution in [0.2, 0.25) is 0 Å². The van der Waals surface area contributed by atoms with Gasteiger partial charge in [-0.3, -0.25) is 9.59 Å². The van der Waals surface area contributed by atoms with E-state index in [1.807, 2.05) is 60.7 Å². The molecule has 254 valence electrons. The lowest BCUT2D eigenvalue weighted by Gasteiger charge is -2.21. The van der Waals surface area contributed by atoms with Crippen molar-refractivity contribution in [2.24, 2.45) is 0 Å². The second-order valence-electron chi connectivity index (χ2n) is 12.8. The minimum atomic E-state index is -0.975. The Balaban J connectivity index is 1.29. The van der Waals surface area contributed by atoms with Gasteiger partial charge in [0, 0.05) is 56.4 Å². The van der Waals surface area contributed by atoms with Crippen LogP contribution in [-0.4, -0.2) is 59.7 Å². The quantitative estimate of drug-likeness (QED) is 0.0729. The van der Waals surface area contributed by atoms with Gasteiger partial charge < -0.3 is 40.3 Å². The van der Waals surface area contributed by atoms with E-state index in [1.165, 1.54) is 0 Å². The lowest BCUT2D eigenvalue weighted by atomic mass is 9.86. The number of carbonyl (C=O) groups excluding carboxylic acids is 1. The lowest BCUT2D eigenvalue weighted by Crippen LogP contribution is -2.13. The molecule has 13 nitrogen and oxygen atoms in total. The van der Waals surface area contributed by atoms with E-state index < -0.39 is 11.9 Å². The van der Waals surface area contributed by atoms with Gasteiger partial charge in [-0.1, -0.05) is 48.5 Å². The number of anilines is 2. The summed E-state index contributed by atoms with van der Waals surface area (Å²) in [5.41, 5.74) is 5.56. The molecule has 3 heterocycles. The van der Waals surface area contributed by atoms with Crippen LogP contribution in [0.15, 0.2) is 66.7 Å². The van der Waals surface area contributed by atoms with Gasteiger partial charge in [0.25, 0.3) is 6.47 Å². The van der Waals surface area contributed by atoms with Crippen LogP contribution in [-0.2, 0) is 34.0 Å². The summed E-state index contributed by atoms with van der Waals surface area (Å²) < 4.78 is 11.7. The predicted octanol–water partition coefficient (Wildman–Crippen LogP) is 5.75. The van der Waals surface area contributed by atoms with Crippen molar-refractivity contribution < 1.29 is 29.3 Å². The van der Waals surface area contributed by atoms with Crippen molar-refractivity contribution in [2.45, 2.75) is 63.3 Å². The van der Waals surface area contributed by atoms with Gasteiger partial charge in [0.05, 0.1) is 18.9 Å². The Kier molecular flexibility index (Phi) is 8.25. The highest BCUT2D eigenvalue weighted by molar-refractivity contribution is 5.90. The molecule has 3 aromatic heterocycles. The number of aromatic nitrogens is 5. The van der Waals surface area contributed by atoms with Crippen molar-refractivity contribution in [3.63, 3.8) is 0 Å². The number of para-hydroxylation sites is 2. The van der Waals surface area contributed by atoms with Crippen molar-refractivity contribution in [3.8, 4) is 11.8 Å². The van der Waals surface area contributed by atoms with Crippen molar-refractivity contribution in [1.82, 2.24) is 24.9 Å². The van der Waals surface area contributed by atoms with E-state index >= 15 is 0 Å². The summed E-state index contributed by atoms with van der Waals surface area (Å²) in [6.45, 7) is 0.0895. The number of aliphatic hydroxyl groups excluding tert-OH is 1. The lowest BCUT2D eigenvalue weighted by molar-refractivity contribution is -0.136. The third kappa shape index (κ3) is 6.42. The number of carbonyl (C=O) groups is 2. The number of rotatable bonds is 15. The highest BCUT2D eigenvalue weighted by Gasteiger charge is 2.31. The van der Waals surface area contributed by atoms with Crippen molar-refractivity contribution in [1.29, 1.82) is 0 Å². The molecule has 6 aromatic rings. The molecule has 13 heteroatoms. The fraction of sp³-hybridized carbons (Fsp3) is 0.270. The molecule has 2 aliphatic rings. The molecule has 0 aliphatic heterocycles. The van der Waals surface area contributed by atoms with Crippen molar-refractivity contribution >= 4 is 46.1 Å². The maximum atomic E-state index is 12.3. The molecule has 0 spiro atoms. The summed E-state index contributed by atoms with van der Waals surface area (Å²) in [5, 5.41) is 28.8. The Hall–Kier alpha value is -5.95. The van der Waals surface area contributed by atoms with Crippen LogP contribution in [0.25, 0.3) is 21.8 Å². The zero-order valence-electron chi connectivity index (χ0n) is 27.0. The molecule has 1 unspecified atom stereocenters. The summed E-state index contributed by atoms with van der Waals surface area (Å²) in [6.07, 6.45) is 3.92. The number of carboxylic acid groups (broad SMARTS) is 1. The average Bonchev–Trinajstić information content (AvgIpc) is 4.04. The molecule has 50 heavy (non-hydrogen) atoms. The Morgan fingerprint density at radius 1 is 0.860 bits per heavy atom. The summed E-state index contributed by atoms with van der Waals surface area (Å²) in [4.78, 5) is 44.5. The number of benzene rings is 3. The highest BCUT2D eigenvalue weighted by atomic mass is 16.5. The van der Waals surface area contributed by atoms with Crippen LogP contribution in [0.4, 0.5) is 11.9 Å². The number of ether oxygens (including phenoxy) is 2. The van der Waals surface area contributed by atoms with Gasteiger partial charge in [-0.05, 0) is 55.0 Å². The number of fused-ring (bicyclic) bond motifs is 2. The second-order valence-corrected chi connectivity index (χ2v) is 12.8. The summed E-state index contributed by atoms with van der Waals surface area (Å²) in [6, 6.07) is 21.4. The largest absolute Gasteiger partial charge is 0.481 e. The van der Waals surface area contributed by atoms with Gasteiger partial charge >= 0.3 is 12.0 Å². The van der Waals surface area contributed by atoms with Crippen molar-refractivity contribution in [3.05, 3.63) is 100 Å². The first-order valence-electron chi connectivity index (χ1n) is 16.6. The fourth-order valence-electron chi connectivity index (χ4n) is 6.45. The predicted molar refractivity (Wildman–Crippen MR) is 185 cm³/mol. The minimum Gasteiger partial charge on any atom is -0.481 e. The molecule has 2 saturated carbocycles. The highest BCUT2D eigenvalue weighted by Crippen LogP contribution is 2.42. The van der Waals surface area contributed by atoms with E-state index in [0.717, 1.165) is 58.6 Å². The van der Waals surface area contributed by atoms with Crippen LogP contribution in [0.5, 0.6) is 11.8 Å². The number of nitrogens with zero attached hydrogens (tertiary/aromatic N) is 3. The summed E-state index contributed by atoms with van der Waals surface area (Å²) >= 11 is 0. The Bertz CT molecular complexity index is 2190. The minimum absolute atomic E-state index is 0.00961. The third-order valence-corrected chi connectivity index (χ3v) is 9.13. The van der Waals surface area contributed by atoms with Gasteiger partial charge in [-0.2, -0.15) is 15.0 Å². The van der Waals surface area contributed by atoms with Gasteiger partial charge in [-0.25, -0.2) is 0 Å². The number of aliphatic hydroxyl groups is 1. The van der Waals surface area contributed by atoms with Crippen molar-refractivity contribution in [2.75, 3.05) is 10.6 Å². The second kappa shape index (κ2) is 13.2. The zero-order chi connectivity index (χ0) is 34.2. The van der Waals surface area contributed by atoms with E-state index in [-0.39, 0.29) is 25.6 Å². The number of nitrogens with one attached hydrogen (secondary N) is 4. The van der Waals surface area contributed by atoms with Crippen LogP contribution >= 0.6 is 0 Å². The van der Waals surface area contributed by atoms with Gasteiger partial charge in [0.15, 0.2) is 0 Å². The van der Waals surface area contributed by atoms with E-state index in [1.54, 1.807) is 6.07 Å². The molecule has 0 saturated heterocycles. The maximum Gasteiger partial charge on any atom is 0.328 e. The standard InChI is InChI=1S/C37H35N7O6/c45-17-21-10-9-20(15-30(21)50-37-43-35(38-22-11-12-22)42-36(44-37)39-23-13-14-23)32(33-26(16-31(47)48)24-5-1-3-7-28(24)40-33)34-27(18-49-19-46)25-6-2-4-8-29(25)41-34/h1-10,15,19,22-23,32,40-41,45H,11-14,16-18H2,(H,47,48)(H2,38,39,42,43,44). The fourth-order valence-corrected chi connectivity index (χ4v) is 6.45. The van der Waals surface area contributed by atoms with Gasteiger partial charge in [-0.15, -0.1) is 0 Å². The first-order valence-corrected chi connectivity index (χ1v) is 16.6. The normalized spacial score (nSPS) is 14.8. The molecule has 8 rings (SSSR count). The van der Waals surface area contributed by atoms with E-state index in [0.29, 0.717) is 58.7 Å². The van der Waals surface area contributed by atoms with E-state index in [4.69, 9.17) is 9.47 Å². The Labute approximate surface area is 286 Å². The molecule has 1 atom stereocenters. The first kappa shape index (κ1) is 31.3. The van der Waals surface area contributed by atoms with E-state index in [9.17, 15) is 19.8 Å². The number of hydrogen-bond acceptors (Lipinski definition) is 10. The Morgan fingerprint density at radius 3 is 2.04 bits per heavy atom.